The average Bonchev–Trinajstić information content (AvgIpc) is 3.25. The highest BCUT2D eigenvalue weighted by Gasteiger charge is 2.21. The Morgan fingerprint density at radius 3 is 2.75 bits per heavy atom. The number of pyridine rings is 2. The Labute approximate surface area is 190 Å². The Hall–Kier alpha value is -3.04. The maximum Gasteiger partial charge on any atom is 0.263 e. The third-order valence-electron chi connectivity index (χ3n) is 5.62. The molecule has 0 atom stereocenters. The number of nitrogens with one attached hydrogen (secondary N) is 1. The zero-order chi connectivity index (χ0) is 22.1. The fourth-order valence-corrected chi connectivity index (χ4v) is 5.51. The van der Waals surface area contributed by atoms with Crippen molar-refractivity contribution in [2.75, 3.05) is 11.3 Å². The van der Waals surface area contributed by atoms with Crippen LogP contribution in [-0.2, 0) is 10.0 Å². The molecular formula is C23H22N4O3S2. The van der Waals surface area contributed by atoms with Gasteiger partial charge in [-0.05, 0) is 60.9 Å². The first-order valence-electron chi connectivity index (χ1n) is 10.4. The molecule has 3 heterocycles. The fourth-order valence-electron chi connectivity index (χ4n) is 3.68. The predicted molar refractivity (Wildman–Crippen MR) is 125 cm³/mol. The van der Waals surface area contributed by atoms with Crippen LogP contribution in [0.1, 0.15) is 24.8 Å². The average molecular weight is 467 g/mol. The van der Waals surface area contributed by atoms with Crippen molar-refractivity contribution in [1.29, 1.82) is 0 Å². The summed E-state index contributed by atoms with van der Waals surface area (Å²) >= 11 is 1.23. The molecule has 0 amide bonds. The van der Waals surface area contributed by atoms with Crippen LogP contribution in [0.15, 0.2) is 59.2 Å². The highest BCUT2D eigenvalue weighted by molar-refractivity contribution is 7.93. The molecular weight excluding hydrogens is 444 g/mol. The van der Waals surface area contributed by atoms with Gasteiger partial charge < -0.3 is 4.74 Å². The summed E-state index contributed by atoms with van der Waals surface area (Å²) in [4.78, 5) is 13.3. The number of benzene rings is 1. The summed E-state index contributed by atoms with van der Waals surface area (Å²) in [5, 5.41) is 3.65. The van der Waals surface area contributed by atoms with Gasteiger partial charge in [0, 0.05) is 29.4 Å². The standard InChI is InChI=1S/C23H22N4O3S2/c1-15-11-20(22(26-13-15)30-14-16-3-2-4-16)21-19-6-5-18(12-17(19)7-8-24-21)32(28,29)27-23-25-9-10-31-23/h5-13,16H,2-4,14H2,1H3,(H,25,27). The fraction of sp³-hybridized carbons (Fsp3) is 0.261. The lowest BCUT2D eigenvalue weighted by molar-refractivity contribution is 0.176. The Morgan fingerprint density at radius 1 is 1.12 bits per heavy atom. The summed E-state index contributed by atoms with van der Waals surface area (Å²) in [6.45, 7) is 2.63. The Bertz CT molecular complexity index is 1370. The van der Waals surface area contributed by atoms with Gasteiger partial charge in [-0.1, -0.05) is 12.5 Å². The molecule has 0 aliphatic heterocycles. The van der Waals surface area contributed by atoms with E-state index in [4.69, 9.17) is 4.74 Å². The second-order valence-corrected chi connectivity index (χ2v) is 10.5. The molecule has 0 unspecified atom stereocenters. The van der Waals surface area contributed by atoms with Crippen molar-refractivity contribution < 1.29 is 13.2 Å². The summed E-state index contributed by atoms with van der Waals surface area (Å²) < 4.78 is 34.2. The summed E-state index contributed by atoms with van der Waals surface area (Å²) in [5.41, 5.74) is 2.53. The maximum atomic E-state index is 12.8. The number of sulfonamides is 1. The SMILES string of the molecule is Cc1cnc(OCC2CCC2)c(-c2nccc3cc(S(=O)(=O)Nc4nccs4)ccc23)c1. The van der Waals surface area contributed by atoms with Crippen molar-refractivity contribution in [1.82, 2.24) is 15.0 Å². The summed E-state index contributed by atoms with van der Waals surface area (Å²) in [6.07, 6.45) is 8.68. The van der Waals surface area contributed by atoms with Gasteiger partial charge in [0.05, 0.1) is 22.8 Å². The number of aromatic nitrogens is 3. The molecule has 1 aliphatic carbocycles. The van der Waals surface area contributed by atoms with Crippen molar-refractivity contribution in [3.8, 4) is 17.1 Å². The summed E-state index contributed by atoms with van der Waals surface area (Å²) in [5.74, 6) is 1.15. The number of thiazole rings is 1. The molecule has 0 spiro atoms. The third kappa shape index (κ3) is 4.18. The molecule has 164 valence electrons. The highest BCUT2D eigenvalue weighted by Crippen LogP contribution is 2.35. The van der Waals surface area contributed by atoms with Crippen LogP contribution in [-0.4, -0.2) is 30.0 Å². The smallest absolute Gasteiger partial charge is 0.263 e. The zero-order valence-corrected chi connectivity index (χ0v) is 19.1. The first kappa shape index (κ1) is 20.8. The minimum absolute atomic E-state index is 0.168. The number of nitrogens with zero attached hydrogens (tertiary/aromatic N) is 3. The van der Waals surface area contributed by atoms with E-state index in [1.807, 2.05) is 13.0 Å². The Morgan fingerprint density at radius 2 is 2.00 bits per heavy atom. The first-order valence-corrected chi connectivity index (χ1v) is 12.8. The van der Waals surface area contributed by atoms with E-state index in [1.54, 1.807) is 48.2 Å². The van der Waals surface area contributed by atoms with Crippen LogP contribution in [0.3, 0.4) is 0 Å². The Kier molecular flexibility index (Phi) is 5.52. The Balaban J connectivity index is 1.52. The third-order valence-corrected chi connectivity index (χ3v) is 7.78. The van der Waals surface area contributed by atoms with Gasteiger partial charge in [-0.2, -0.15) is 0 Å². The number of ether oxygens (including phenoxy) is 1. The van der Waals surface area contributed by atoms with Crippen LogP contribution in [0.25, 0.3) is 22.0 Å². The molecule has 5 rings (SSSR count). The molecule has 32 heavy (non-hydrogen) atoms. The van der Waals surface area contributed by atoms with Crippen LogP contribution in [0, 0.1) is 12.8 Å². The minimum atomic E-state index is -3.74. The molecule has 1 aromatic carbocycles. The van der Waals surface area contributed by atoms with Gasteiger partial charge >= 0.3 is 0 Å². The lowest BCUT2D eigenvalue weighted by Crippen LogP contribution is -2.19. The van der Waals surface area contributed by atoms with Gasteiger partial charge in [0.1, 0.15) is 0 Å². The van der Waals surface area contributed by atoms with Crippen molar-refractivity contribution in [2.24, 2.45) is 5.92 Å². The molecule has 0 bridgehead atoms. The van der Waals surface area contributed by atoms with E-state index in [1.165, 1.54) is 30.6 Å². The number of rotatable bonds is 7. The van der Waals surface area contributed by atoms with E-state index in [0.29, 0.717) is 23.5 Å². The van der Waals surface area contributed by atoms with Gasteiger partial charge in [-0.25, -0.2) is 18.4 Å². The highest BCUT2D eigenvalue weighted by atomic mass is 32.2. The van der Waals surface area contributed by atoms with Crippen LogP contribution in [0.4, 0.5) is 5.13 Å². The molecule has 0 saturated heterocycles. The molecule has 1 aliphatic rings. The largest absolute Gasteiger partial charge is 0.477 e. The van der Waals surface area contributed by atoms with Gasteiger partial charge in [0.15, 0.2) is 5.13 Å². The summed E-state index contributed by atoms with van der Waals surface area (Å²) in [6, 6.07) is 8.83. The van der Waals surface area contributed by atoms with Crippen LogP contribution in [0.5, 0.6) is 5.88 Å². The number of anilines is 1. The van der Waals surface area contributed by atoms with Gasteiger partial charge in [-0.15, -0.1) is 11.3 Å². The quantitative estimate of drug-likeness (QED) is 0.410. The number of hydrogen-bond acceptors (Lipinski definition) is 7. The van der Waals surface area contributed by atoms with Gasteiger partial charge in [0.2, 0.25) is 5.88 Å². The van der Waals surface area contributed by atoms with Gasteiger partial charge in [-0.3, -0.25) is 9.71 Å². The number of aryl methyl sites for hydroxylation is 1. The number of hydrogen-bond donors (Lipinski definition) is 1. The van der Waals surface area contributed by atoms with Crippen molar-refractivity contribution >= 4 is 37.3 Å². The van der Waals surface area contributed by atoms with Crippen molar-refractivity contribution in [2.45, 2.75) is 31.1 Å². The predicted octanol–water partition coefficient (Wildman–Crippen LogP) is 5.04. The second-order valence-electron chi connectivity index (χ2n) is 7.96. The molecule has 1 N–H and O–H groups in total. The van der Waals surface area contributed by atoms with E-state index >= 15 is 0 Å². The van der Waals surface area contributed by atoms with E-state index in [0.717, 1.165) is 27.6 Å². The van der Waals surface area contributed by atoms with E-state index in [2.05, 4.69) is 19.7 Å². The topological polar surface area (TPSA) is 94.1 Å². The van der Waals surface area contributed by atoms with Gasteiger partial charge in [0.25, 0.3) is 10.0 Å². The summed E-state index contributed by atoms with van der Waals surface area (Å²) in [7, 11) is -3.74. The molecule has 3 aromatic heterocycles. The molecule has 4 aromatic rings. The van der Waals surface area contributed by atoms with Crippen LogP contribution >= 0.6 is 11.3 Å². The monoisotopic (exact) mass is 466 g/mol. The maximum absolute atomic E-state index is 12.8. The molecule has 7 nitrogen and oxygen atoms in total. The minimum Gasteiger partial charge on any atom is -0.477 e. The zero-order valence-electron chi connectivity index (χ0n) is 17.5. The van der Waals surface area contributed by atoms with E-state index in [9.17, 15) is 8.42 Å². The molecule has 1 fully saturated rings. The normalized spacial score (nSPS) is 14.3. The molecule has 1 saturated carbocycles. The lowest BCUT2D eigenvalue weighted by atomic mass is 9.86. The van der Waals surface area contributed by atoms with Crippen molar-refractivity contribution in [3.05, 3.63) is 59.9 Å². The van der Waals surface area contributed by atoms with E-state index < -0.39 is 10.0 Å². The first-order chi connectivity index (χ1) is 15.5. The lowest BCUT2D eigenvalue weighted by Gasteiger charge is -2.25. The molecule has 0 radical (unpaired) electrons. The van der Waals surface area contributed by atoms with E-state index in [-0.39, 0.29) is 4.90 Å². The molecule has 9 heteroatoms. The van der Waals surface area contributed by atoms with Crippen LogP contribution in [0.2, 0.25) is 0 Å². The van der Waals surface area contributed by atoms with Crippen molar-refractivity contribution in [3.63, 3.8) is 0 Å². The second kappa shape index (κ2) is 8.48. The number of fused-ring (bicyclic) bond motifs is 1. The van der Waals surface area contributed by atoms with Crippen LogP contribution < -0.4 is 9.46 Å².